The molecule has 0 aliphatic carbocycles. The van der Waals surface area contributed by atoms with Crippen molar-refractivity contribution in [1.29, 1.82) is 0 Å². The Kier molecular flexibility index (Phi) is 9.86. The number of rotatable bonds is 12. The Bertz CT molecular complexity index is 1410. The Labute approximate surface area is 245 Å². The number of ether oxygens (including phenoxy) is 1. The lowest BCUT2D eigenvalue weighted by Gasteiger charge is -2.15. The quantitative estimate of drug-likeness (QED) is 0.159. The number of benzene rings is 3. The van der Waals surface area contributed by atoms with Crippen molar-refractivity contribution in [2.24, 2.45) is 0 Å². The van der Waals surface area contributed by atoms with Crippen LogP contribution in [0.4, 0.5) is 27.9 Å². The van der Waals surface area contributed by atoms with Gasteiger partial charge in [0.05, 0.1) is 6.20 Å². The van der Waals surface area contributed by atoms with Crippen molar-refractivity contribution in [3.05, 3.63) is 101 Å². The summed E-state index contributed by atoms with van der Waals surface area (Å²) in [4.78, 5) is 23.8. The molecule has 3 aromatic carbocycles. The third-order valence-electron chi connectivity index (χ3n) is 6.74. The van der Waals surface area contributed by atoms with Crippen LogP contribution in [0.1, 0.15) is 24.0 Å². The molecule has 0 radical (unpaired) electrons. The molecule has 0 saturated carbocycles. The number of likely N-dealkylation sites (tertiary alicyclic amines) is 1. The van der Waals surface area contributed by atoms with Crippen molar-refractivity contribution < 1.29 is 9.53 Å². The van der Waals surface area contributed by atoms with Crippen LogP contribution in [0.3, 0.4) is 0 Å². The SMILES string of the molecule is O=C(NCc1ccccc1)Nc1ccccc1CNc1nc(Nc2ccc(OCCN3CCCC3)cc2)ncc1Cl. The first-order valence-electron chi connectivity index (χ1n) is 13.8. The van der Waals surface area contributed by atoms with Crippen molar-refractivity contribution in [1.82, 2.24) is 20.2 Å². The molecule has 5 rings (SSSR count). The van der Waals surface area contributed by atoms with Crippen LogP contribution in [0.5, 0.6) is 5.75 Å². The number of nitrogens with zero attached hydrogens (tertiary/aromatic N) is 3. The van der Waals surface area contributed by atoms with Gasteiger partial charge in [-0.25, -0.2) is 9.78 Å². The number of carbonyl (C=O) groups is 1. The predicted octanol–water partition coefficient (Wildman–Crippen LogP) is 6.28. The average Bonchev–Trinajstić information content (AvgIpc) is 3.52. The fourth-order valence-electron chi connectivity index (χ4n) is 4.53. The van der Waals surface area contributed by atoms with Crippen LogP contribution in [-0.2, 0) is 13.1 Å². The number of amides is 2. The van der Waals surface area contributed by atoms with Gasteiger partial charge in [0.1, 0.15) is 17.4 Å². The van der Waals surface area contributed by atoms with Crippen LogP contribution < -0.4 is 26.0 Å². The molecule has 1 aliphatic rings. The zero-order valence-corrected chi connectivity index (χ0v) is 23.5. The first-order chi connectivity index (χ1) is 20.1. The second kappa shape index (κ2) is 14.3. The number of anilines is 4. The highest BCUT2D eigenvalue weighted by atomic mass is 35.5. The largest absolute Gasteiger partial charge is 0.492 e. The van der Waals surface area contributed by atoms with Crippen molar-refractivity contribution in [3.8, 4) is 5.75 Å². The smallest absolute Gasteiger partial charge is 0.319 e. The van der Waals surface area contributed by atoms with E-state index in [1.165, 1.54) is 25.9 Å². The molecule has 10 heteroatoms. The average molecular weight is 572 g/mol. The van der Waals surface area contributed by atoms with Gasteiger partial charge in [0.25, 0.3) is 0 Å². The summed E-state index contributed by atoms with van der Waals surface area (Å²) in [6, 6.07) is 24.8. The number of nitrogens with one attached hydrogen (secondary N) is 4. The second-order valence-electron chi connectivity index (χ2n) is 9.74. The summed E-state index contributed by atoms with van der Waals surface area (Å²) in [6.45, 7) is 4.80. The number of hydrogen-bond acceptors (Lipinski definition) is 7. The van der Waals surface area contributed by atoms with Crippen molar-refractivity contribution in [3.63, 3.8) is 0 Å². The van der Waals surface area contributed by atoms with Gasteiger partial charge >= 0.3 is 6.03 Å². The fourth-order valence-corrected chi connectivity index (χ4v) is 4.69. The number of para-hydroxylation sites is 1. The number of urea groups is 1. The van der Waals surface area contributed by atoms with Gasteiger partial charge in [-0.2, -0.15) is 4.98 Å². The molecule has 1 saturated heterocycles. The van der Waals surface area contributed by atoms with Crippen LogP contribution in [-0.4, -0.2) is 47.1 Å². The molecule has 0 bridgehead atoms. The van der Waals surface area contributed by atoms with Gasteiger partial charge in [-0.1, -0.05) is 60.1 Å². The van der Waals surface area contributed by atoms with Gasteiger partial charge in [-0.3, -0.25) is 4.90 Å². The Morgan fingerprint density at radius 2 is 1.68 bits per heavy atom. The third kappa shape index (κ3) is 8.57. The van der Waals surface area contributed by atoms with E-state index in [-0.39, 0.29) is 6.03 Å². The van der Waals surface area contributed by atoms with E-state index >= 15 is 0 Å². The zero-order valence-electron chi connectivity index (χ0n) is 22.8. The molecule has 4 aromatic rings. The van der Waals surface area contributed by atoms with Crippen LogP contribution in [0, 0.1) is 0 Å². The lowest BCUT2D eigenvalue weighted by Crippen LogP contribution is -2.28. The summed E-state index contributed by atoms with van der Waals surface area (Å²) < 4.78 is 5.89. The number of aromatic nitrogens is 2. The standard InChI is InChI=1S/C31H34ClN7O2/c32-27-22-34-30(36-25-12-14-26(15-13-25)41-19-18-39-16-6-7-17-39)38-29(27)33-21-24-10-4-5-11-28(24)37-31(40)35-20-23-8-2-1-3-9-23/h1-5,8-15,22H,6-7,16-21H2,(H2,35,37,40)(H2,33,34,36,38). The molecule has 9 nitrogen and oxygen atoms in total. The molecule has 212 valence electrons. The van der Waals surface area contributed by atoms with Gasteiger partial charge in [0.15, 0.2) is 5.82 Å². The lowest BCUT2D eigenvalue weighted by atomic mass is 10.1. The molecule has 0 spiro atoms. The number of carbonyl (C=O) groups excluding carboxylic acids is 1. The molecule has 0 atom stereocenters. The normalized spacial score (nSPS) is 13.0. The van der Waals surface area contributed by atoms with Gasteiger partial charge in [0, 0.05) is 31.0 Å². The van der Waals surface area contributed by atoms with E-state index < -0.39 is 0 Å². The second-order valence-corrected chi connectivity index (χ2v) is 10.1. The van der Waals surface area contributed by atoms with E-state index in [9.17, 15) is 4.79 Å². The van der Waals surface area contributed by atoms with Gasteiger partial charge < -0.3 is 26.0 Å². The topological polar surface area (TPSA) is 103 Å². The highest BCUT2D eigenvalue weighted by Crippen LogP contribution is 2.24. The van der Waals surface area contributed by atoms with Crippen molar-refractivity contribution >= 4 is 40.8 Å². The minimum Gasteiger partial charge on any atom is -0.492 e. The predicted molar refractivity (Wildman–Crippen MR) is 164 cm³/mol. The van der Waals surface area contributed by atoms with Gasteiger partial charge in [-0.15, -0.1) is 0 Å². The lowest BCUT2D eigenvalue weighted by molar-refractivity contribution is 0.238. The van der Waals surface area contributed by atoms with E-state index in [1.54, 1.807) is 6.20 Å². The van der Waals surface area contributed by atoms with Crippen LogP contribution in [0.15, 0.2) is 85.1 Å². The minimum atomic E-state index is -0.282. The summed E-state index contributed by atoms with van der Waals surface area (Å²) in [6.07, 6.45) is 4.11. The maximum atomic E-state index is 12.5. The van der Waals surface area contributed by atoms with Crippen LogP contribution >= 0.6 is 11.6 Å². The molecule has 2 heterocycles. The molecule has 4 N–H and O–H groups in total. The van der Waals surface area contributed by atoms with E-state index in [0.717, 1.165) is 29.1 Å². The zero-order chi connectivity index (χ0) is 28.3. The Balaban J connectivity index is 1.14. The molecule has 0 unspecified atom stereocenters. The molecule has 1 aromatic heterocycles. The monoisotopic (exact) mass is 571 g/mol. The van der Waals surface area contributed by atoms with E-state index in [4.69, 9.17) is 16.3 Å². The molecule has 2 amide bonds. The minimum absolute atomic E-state index is 0.282. The Morgan fingerprint density at radius 3 is 2.49 bits per heavy atom. The molecular weight excluding hydrogens is 538 g/mol. The van der Waals surface area contributed by atoms with E-state index in [0.29, 0.717) is 42.2 Å². The highest BCUT2D eigenvalue weighted by molar-refractivity contribution is 6.32. The molecule has 1 fully saturated rings. The van der Waals surface area contributed by atoms with Crippen LogP contribution in [0.2, 0.25) is 5.02 Å². The van der Waals surface area contributed by atoms with Gasteiger partial charge in [0.2, 0.25) is 5.95 Å². The maximum absolute atomic E-state index is 12.5. The number of halogens is 1. The van der Waals surface area contributed by atoms with Crippen LogP contribution in [0.25, 0.3) is 0 Å². The van der Waals surface area contributed by atoms with Crippen molar-refractivity contribution in [2.45, 2.75) is 25.9 Å². The Hall–Kier alpha value is -4.34. The Morgan fingerprint density at radius 1 is 0.927 bits per heavy atom. The number of hydrogen-bond donors (Lipinski definition) is 4. The van der Waals surface area contributed by atoms with E-state index in [2.05, 4.69) is 36.1 Å². The first kappa shape index (κ1) is 28.2. The maximum Gasteiger partial charge on any atom is 0.319 e. The summed E-state index contributed by atoms with van der Waals surface area (Å²) in [7, 11) is 0. The summed E-state index contributed by atoms with van der Waals surface area (Å²) >= 11 is 6.39. The third-order valence-corrected chi connectivity index (χ3v) is 7.01. The summed E-state index contributed by atoms with van der Waals surface area (Å²) in [5, 5.41) is 12.7. The fraction of sp³-hybridized carbons (Fsp3) is 0.258. The first-order valence-corrected chi connectivity index (χ1v) is 14.2. The summed E-state index contributed by atoms with van der Waals surface area (Å²) in [5.41, 5.74) is 3.43. The highest BCUT2D eigenvalue weighted by Gasteiger charge is 2.12. The molecule has 1 aliphatic heterocycles. The molecule has 41 heavy (non-hydrogen) atoms. The summed E-state index contributed by atoms with van der Waals surface area (Å²) in [5.74, 6) is 1.72. The van der Waals surface area contributed by atoms with Gasteiger partial charge in [-0.05, 0) is 67.4 Å². The van der Waals surface area contributed by atoms with Crippen molar-refractivity contribution in [2.75, 3.05) is 42.2 Å². The van der Waals surface area contributed by atoms with E-state index in [1.807, 2.05) is 78.9 Å². The molecular formula is C31H34ClN7O2.